The van der Waals surface area contributed by atoms with Crippen LogP contribution < -0.4 is 10.5 Å². The van der Waals surface area contributed by atoms with Crippen LogP contribution in [0.3, 0.4) is 0 Å². The van der Waals surface area contributed by atoms with E-state index >= 15 is 0 Å². The van der Waals surface area contributed by atoms with Gasteiger partial charge in [0.2, 0.25) is 11.8 Å². The lowest BCUT2D eigenvalue weighted by Gasteiger charge is -2.37. The third-order valence-corrected chi connectivity index (χ3v) is 6.31. The molecule has 2 heterocycles. The number of allylic oxidation sites excluding steroid dienone is 3. The Labute approximate surface area is 198 Å². The first-order chi connectivity index (χ1) is 16.3. The number of benzene rings is 2. The third-order valence-electron chi connectivity index (χ3n) is 6.31. The van der Waals surface area contributed by atoms with Crippen molar-refractivity contribution >= 4 is 16.7 Å². The molecule has 1 aliphatic heterocycles. The van der Waals surface area contributed by atoms with Crippen LogP contribution in [-0.2, 0) is 9.53 Å². The molecule has 1 unspecified atom stereocenters. The van der Waals surface area contributed by atoms with Crippen molar-refractivity contribution in [1.82, 2.24) is 4.98 Å². The molecule has 6 nitrogen and oxygen atoms in total. The van der Waals surface area contributed by atoms with Crippen molar-refractivity contribution in [2.45, 2.75) is 39.5 Å². The molecule has 2 aliphatic rings. The van der Waals surface area contributed by atoms with Gasteiger partial charge in [0.05, 0.1) is 11.4 Å². The molecule has 0 amide bonds. The Hall–Kier alpha value is -4.11. The van der Waals surface area contributed by atoms with Crippen LogP contribution in [0.25, 0.3) is 10.9 Å². The summed E-state index contributed by atoms with van der Waals surface area (Å²) in [6.07, 6.45) is 0.915. The van der Waals surface area contributed by atoms with E-state index in [-0.39, 0.29) is 22.7 Å². The lowest BCUT2D eigenvalue weighted by Crippen LogP contribution is -2.33. The number of para-hydroxylation sites is 1. The summed E-state index contributed by atoms with van der Waals surface area (Å²) < 4.78 is 12.1. The summed E-state index contributed by atoms with van der Waals surface area (Å²) in [6.45, 7) is 6.06. The number of aromatic nitrogens is 1. The van der Waals surface area contributed by atoms with Gasteiger partial charge in [0.1, 0.15) is 23.2 Å². The molecular formula is C28H25N3O3. The van der Waals surface area contributed by atoms with Gasteiger partial charge in [-0.25, -0.2) is 4.98 Å². The zero-order chi connectivity index (χ0) is 24.0. The highest BCUT2D eigenvalue weighted by molar-refractivity contribution is 6.00. The molecule has 0 fully saturated rings. The van der Waals surface area contributed by atoms with Gasteiger partial charge in [0, 0.05) is 29.4 Å². The molecular weight excluding hydrogens is 426 g/mol. The molecule has 1 aromatic heterocycles. The predicted octanol–water partition coefficient (Wildman–Crippen LogP) is 5.79. The number of aryl methyl sites for hydroxylation is 1. The zero-order valence-corrected chi connectivity index (χ0v) is 19.4. The van der Waals surface area contributed by atoms with E-state index in [2.05, 4.69) is 6.07 Å². The molecule has 5 rings (SSSR count). The molecule has 0 saturated heterocycles. The van der Waals surface area contributed by atoms with E-state index in [4.69, 9.17) is 20.2 Å². The maximum absolute atomic E-state index is 13.4. The molecule has 6 heteroatoms. The number of carbonyl (C=O) groups excluding carboxylic acids is 1. The zero-order valence-electron chi connectivity index (χ0n) is 19.4. The minimum absolute atomic E-state index is 0.0201. The van der Waals surface area contributed by atoms with Crippen LogP contribution in [0.15, 0.2) is 77.4 Å². The van der Waals surface area contributed by atoms with Crippen molar-refractivity contribution < 1.29 is 14.3 Å². The molecule has 0 spiro atoms. The largest absolute Gasteiger partial charge is 0.444 e. The fourth-order valence-electron chi connectivity index (χ4n) is 4.78. The van der Waals surface area contributed by atoms with E-state index in [9.17, 15) is 10.1 Å². The van der Waals surface area contributed by atoms with Crippen LogP contribution in [0, 0.1) is 23.7 Å². The van der Waals surface area contributed by atoms with Crippen molar-refractivity contribution in [3.63, 3.8) is 0 Å². The van der Waals surface area contributed by atoms with Crippen molar-refractivity contribution in [3.8, 4) is 17.7 Å². The number of pyridine rings is 1. The Morgan fingerprint density at radius 2 is 1.91 bits per heavy atom. The molecule has 0 radical (unpaired) electrons. The molecule has 0 bridgehead atoms. The Morgan fingerprint density at radius 3 is 2.65 bits per heavy atom. The Balaban J connectivity index is 1.77. The Morgan fingerprint density at radius 1 is 1.15 bits per heavy atom. The lowest BCUT2D eigenvalue weighted by atomic mass is 9.70. The quantitative estimate of drug-likeness (QED) is 0.541. The number of hydrogen-bond donors (Lipinski definition) is 1. The fourth-order valence-corrected chi connectivity index (χ4v) is 4.78. The molecule has 34 heavy (non-hydrogen) atoms. The van der Waals surface area contributed by atoms with Gasteiger partial charge in [-0.2, -0.15) is 5.26 Å². The van der Waals surface area contributed by atoms with Crippen molar-refractivity contribution in [1.29, 1.82) is 5.26 Å². The second-order valence-corrected chi connectivity index (χ2v) is 9.70. The SMILES string of the molecule is Cc1ccc2nc(Oc3ccccc3)c(C3C(C#N)=C(N)OC4=C3C(=O)CC(C)(C)C4)cc2c1. The Kier molecular flexibility index (Phi) is 5.13. The van der Waals surface area contributed by atoms with E-state index in [0.29, 0.717) is 41.4 Å². The van der Waals surface area contributed by atoms with Gasteiger partial charge in [0.15, 0.2) is 5.78 Å². The van der Waals surface area contributed by atoms with Crippen LogP contribution in [0.4, 0.5) is 0 Å². The second kappa shape index (κ2) is 8.03. The number of rotatable bonds is 3. The minimum atomic E-state index is -0.714. The number of carbonyl (C=O) groups is 1. The molecule has 3 aromatic rings. The number of fused-ring (bicyclic) bond motifs is 1. The fraction of sp³-hybridized carbons (Fsp3) is 0.250. The van der Waals surface area contributed by atoms with Crippen LogP contribution in [-0.4, -0.2) is 10.8 Å². The molecule has 1 atom stereocenters. The van der Waals surface area contributed by atoms with Gasteiger partial charge in [-0.05, 0) is 42.7 Å². The highest BCUT2D eigenvalue weighted by Crippen LogP contribution is 2.50. The summed E-state index contributed by atoms with van der Waals surface area (Å²) in [5, 5.41) is 10.9. The highest BCUT2D eigenvalue weighted by Gasteiger charge is 2.44. The maximum Gasteiger partial charge on any atom is 0.224 e. The topological polar surface area (TPSA) is 98.2 Å². The first kappa shape index (κ1) is 21.7. The standard InChI is InChI=1S/C28H25N3O3/c1-16-9-10-21-17(11-16)12-19(27(31-21)33-18-7-5-4-6-8-18)24-20(15-29)26(30)34-23-14-28(2,3)13-22(32)25(23)24/h4-12,24H,13-14,30H2,1-3H3. The summed E-state index contributed by atoms with van der Waals surface area (Å²) in [5.41, 5.74) is 9.08. The average Bonchev–Trinajstić information content (AvgIpc) is 2.78. The van der Waals surface area contributed by atoms with Gasteiger partial charge in [-0.15, -0.1) is 0 Å². The normalized spacial score (nSPS) is 19.5. The predicted molar refractivity (Wildman–Crippen MR) is 129 cm³/mol. The van der Waals surface area contributed by atoms with E-state index < -0.39 is 5.92 Å². The summed E-state index contributed by atoms with van der Waals surface area (Å²) in [4.78, 5) is 18.2. The van der Waals surface area contributed by atoms with Gasteiger partial charge in [-0.1, -0.05) is 43.7 Å². The lowest BCUT2D eigenvalue weighted by molar-refractivity contribution is -0.119. The van der Waals surface area contributed by atoms with E-state index in [0.717, 1.165) is 16.5 Å². The number of nitriles is 1. The van der Waals surface area contributed by atoms with Gasteiger partial charge < -0.3 is 15.2 Å². The van der Waals surface area contributed by atoms with Crippen LogP contribution >= 0.6 is 0 Å². The highest BCUT2D eigenvalue weighted by atomic mass is 16.5. The Bertz CT molecular complexity index is 1430. The number of nitrogens with two attached hydrogens (primary N) is 1. The van der Waals surface area contributed by atoms with Crippen molar-refractivity contribution in [3.05, 3.63) is 88.5 Å². The molecule has 2 N–H and O–H groups in total. The van der Waals surface area contributed by atoms with E-state index in [1.54, 1.807) is 0 Å². The number of hydrogen-bond acceptors (Lipinski definition) is 6. The van der Waals surface area contributed by atoms with E-state index in [1.807, 2.05) is 75.4 Å². The van der Waals surface area contributed by atoms with Crippen LogP contribution in [0.5, 0.6) is 11.6 Å². The molecule has 1 aliphatic carbocycles. The summed E-state index contributed by atoms with van der Waals surface area (Å²) >= 11 is 0. The smallest absolute Gasteiger partial charge is 0.224 e. The number of ketones is 1. The summed E-state index contributed by atoms with van der Waals surface area (Å²) in [7, 11) is 0. The van der Waals surface area contributed by atoms with Gasteiger partial charge in [-0.3, -0.25) is 4.79 Å². The molecule has 2 aromatic carbocycles. The third kappa shape index (κ3) is 3.80. The summed E-state index contributed by atoms with van der Waals surface area (Å²) in [6, 6.07) is 19.4. The van der Waals surface area contributed by atoms with Crippen molar-refractivity contribution in [2.75, 3.05) is 0 Å². The second-order valence-electron chi connectivity index (χ2n) is 9.70. The van der Waals surface area contributed by atoms with Gasteiger partial charge >= 0.3 is 0 Å². The number of nitrogens with zero attached hydrogens (tertiary/aromatic N) is 2. The van der Waals surface area contributed by atoms with Gasteiger partial charge in [0.25, 0.3) is 0 Å². The first-order valence-corrected chi connectivity index (χ1v) is 11.2. The van der Waals surface area contributed by atoms with Crippen molar-refractivity contribution in [2.24, 2.45) is 11.1 Å². The van der Waals surface area contributed by atoms with Crippen LogP contribution in [0.1, 0.15) is 43.7 Å². The minimum Gasteiger partial charge on any atom is -0.444 e. The average molecular weight is 452 g/mol. The molecule has 170 valence electrons. The number of Topliss-reactive ketones (excluding diaryl/α,β-unsaturated/α-hetero) is 1. The molecule has 0 saturated carbocycles. The number of ether oxygens (including phenoxy) is 2. The maximum atomic E-state index is 13.4. The first-order valence-electron chi connectivity index (χ1n) is 11.2. The monoisotopic (exact) mass is 451 g/mol. The summed E-state index contributed by atoms with van der Waals surface area (Å²) in [5.74, 6) is 0.722. The van der Waals surface area contributed by atoms with E-state index in [1.165, 1.54) is 0 Å². The van der Waals surface area contributed by atoms with Crippen LogP contribution in [0.2, 0.25) is 0 Å².